The van der Waals surface area contributed by atoms with E-state index in [0.29, 0.717) is 17.9 Å². The molecule has 4 nitrogen and oxygen atoms in total. The minimum absolute atomic E-state index is 0.0654. The van der Waals surface area contributed by atoms with Crippen molar-refractivity contribution in [3.8, 4) is 0 Å². The van der Waals surface area contributed by atoms with Crippen molar-refractivity contribution < 1.29 is 9.53 Å². The summed E-state index contributed by atoms with van der Waals surface area (Å²) >= 11 is 3.31. The van der Waals surface area contributed by atoms with Crippen molar-refractivity contribution in [3.05, 3.63) is 28.2 Å². The number of nitrogens with one attached hydrogen (secondary N) is 1. The molecule has 1 aromatic carbocycles. The van der Waals surface area contributed by atoms with Gasteiger partial charge in [0.1, 0.15) is 0 Å². The first-order chi connectivity index (χ1) is 8.08. The molecule has 2 unspecified atom stereocenters. The zero-order valence-corrected chi connectivity index (χ0v) is 11.2. The van der Waals surface area contributed by atoms with Crippen molar-refractivity contribution in [3.63, 3.8) is 0 Å². The lowest BCUT2D eigenvalue weighted by molar-refractivity contribution is 0.0867. The van der Waals surface area contributed by atoms with Crippen molar-refractivity contribution in [2.75, 3.05) is 12.3 Å². The first-order valence-electron chi connectivity index (χ1n) is 5.55. The average Bonchev–Trinajstić information content (AvgIpc) is 2.64. The highest BCUT2D eigenvalue weighted by atomic mass is 79.9. The van der Waals surface area contributed by atoms with Gasteiger partial charge in [0.25, 0.3) is 5.91 Å². The number of hydrogen-bond donors (Lipinski definition) is 2. The number of nitrogen functional groups attached to an aromatic ring is 1. The molecule has 5 heteroatoms. The second kappa shape index (κ2) is 5.06. The monoisotopic (exact) mass is 298 g/mol. The number of benzene rings is 1. The molecule has 1 heterocycles. The summed E-state index contributed by atoms with van der Waals surface area (Å²) in [7, 11) is 0. The molecule has 0 saturated carbocycles. The van der Waals surface area contributed by atoms with Crippen LogP contribution in [0, 0.1) is 0 Å². The van der Waals surface area contributed by atoms with E-state index in [0.717, 1.165) is 10.9 Å². The smallest absolute Gasteiger partial charge is 0.253 e. The van der Waals surface area contributed by atoms with Crippen LogP contribution in [0.2, 0.25) is 0 Å². The van der Waals surface area contributed by atoms with Crippen molar-refractivity contribution in [2.45, 2.75) is 25.5 Å². The van der Waals surface area contributed by atoms with Gasteiger partial charge in [-0.15, -0.1) is 0 Å². The highest BCUT2D eigenvalue weighted by Crippen LogP contribution is 2.19. The van der Waals surface area contributed by atoms with Gasteiger partial charge in [-0.2, -0.15) is 0 Å². The van der Waals surface area contributed by atoms with Gasteiger partial charge >= 0.3 is 0 Å². The molecule has 1 aliphatic rings. The topological polar surface area (TPSA) is 64.3 Å². The second-order valence-electron chi connectivity index (χ2n) is 4.18. The van der Waals surface area contributed by atoms with E-state index in [4.69, 9.17) is 10.5 Å². The quantitative estimate of drug-likeness (QED) is 0.820. The van der Waals surface area contributed by atoms with Crippen LogP contribution in [0.15, 0.2) is 22.7 Å². The minimum Gasteiger partial charge on any atom is -0.398 e. The van der Waals surface area contributed by atoms with E-state index in [9.17, 15) is 4.79 Å². The third kappa shape index (κ3) is 2.79. The Morgan fingerprint density at radius 2 is 2.35 bits per heavy atom. The fourth-order valence-corrected chi connectivity index (χ4v) is 2.29. The summed E-state index contributed by atoms with van der Waals surface area (Å²) < 4.78 is 6.26. The van der Waals surface area contributed by atoms with Crippen LogP contribution in [-0.2, 0) is 4.74 Å². The molecule has 1 aromatic rings. The molecule has 1 saturated heterocycles. The first kappa shape index (κ1) is 12.4. The Bertz CT molecular complexity index is 437. The molecule has 0 radical (unpaired) electrons. The van der Waals surface area contributed by atoms with Crippen LogP contribution in [0.5, 0.6) is 0 Å². The predicted octanol–water partition coefficient (Wildman–Crippen LogP) is 1.94. The molecule has 1 aliphatic heterocycles. The van der Waals surface area contributed by atoms with E-state index in [2.05, 4.69) is 21.2 Å². The minimum atomic E-state index is -0.141. The molecule has 17 heavy (non-hydrogen) atoms. The molecule has 2 rings (SSSR count). The molecule has 2 atom stereocenters. The van der Waals surface area contributed by atoms with Crippen LogP contribution in [-0.4, -0.2) is 24.7 Å². The van der Waals surface area contributed by atoms with E-state index in [1.165, 1.54) is 0 Å². The van der Waals surface area contributed by atoms with Crippen molar-refractivity contribution in [1.29, 1.82) is 0 Å². The number of nitrogens with two attached hydrogens (primary N) is 1. The Labute approximate surface area is 109 Å². The summed E-state index contributed by atoms with van der Waals surface area (Å²) in [5.41, 5.74) is 6.79. The number of amides is 1. The Balaban J connectivity index is 2.09. The van der Waals surface area contributed by atoms with Gasteiger partial charge in [-0.1, -0.05) is 15.9 Å². The van der Waals surface area contributed by atoms with Crippen molar-refractivity contribution >= 4 is 27.5 Å². The van der Waals surface area contributed by atoms with Gasteiger partial charge in [-0.25, -0.2) is 0 Å². The van der Waals surface area contributed by atoms with Gasteiger partial charge in [0.2, 0.25) is 0 Å². The van der Waals surface area contributed by atoms with E-state index in [-0.39, 0.29) is 18.1 Å². The maximum absolute atomic E-state index is 12.0. The number of hydrogen-bond acceptors (Lipinski definition) is 3. The third-order valence-corrected chi connectivity index (χ3v) is 3.44. The van der Waals surface area contributed by atoms with Crippen LogP contribution in [0.3, 0.4) is 0 Å². The fraction of sp³-hybridized carbons (Fsp3) is 0.417. The molecule has 0 bridgehead atoms. The maximum Gasteiger partial charge on any atom is 0.253 e. The third-order valence-electron chi connectivity index (χ3n) is 2.95. The zero-order valence-electron chi connectivity index (χ0n) is 9.57. The van der Waals surface area contributed by atoms with Crippen LogP contribution in [0.4, 0.5) is 5.69 Å². The average molecular weight is 299 g/mol. The number of carbonyl (C=O) groups excluding carboxylic acids is 1. The highest BCUT2D eigenvalue weighted by Gasteiger charge is 2.26. The Morgan fingerprint density at radius 3 is 2.94 bits per heavy atom. The summed E-state index contributed by atoms with van der Waals surface area (Å²) in [4.78, 5) is 12.0. The van der Waals surface area contributed by atoms with Gasteiger partial charge in [0.05, 0.1) is 17.7 Å². The lowest BCUT2D eigenvalue weighted by Crippen LogP contribution is -2.39. The Hall–Kier alpha value is -1.07. The van der Waals surface area contributed by atoms with Gasteiger partial charge in [-0.3, -0.25) is 4.79 Å². The molecule has 0 aliphatic carbocycles. The molecule has 1 fully saturated rings. The highest BCUT2D eigenvalue weighted by molar-refractivity contribution is 9.10. The first-order valence-corrected chi connectivity index (χ1v) is 6.34. The summed E-state index contributed by atoms with van der Waals surface area (Å²) in [6.45, 7) is 2.66. The number of anilines is 1. The molecule has 92 valence electrons. The van der Waals surface area contributed by atoms with E-state index >= 15 is 0 Å². The summed E-state index contributed by atoms with van der Waals surface area (Å²) in [6, 6.07) is 5.32. The number of carbonyl (C=O) groups is 1. The van der Waals surface area contributed by atoms with Gasteiger partial charge in [0.15, 0.2) is 0 Å². The lowest BCUT2D eigenvalue weighted by atomic mass is 10.1. The maximum atomic E-state index is 12.0. The predicted molar refractivity (Wildman–Crippen MR) is 69.8 cm³/mol. The summed E-state index contributed by atoms with van der Waals surface area (Å²) in [5, 5.41) is 2.95. The molecular formula is C12H15BrN2O2. The van der Waals surface area contributed by atoms with Gasteiger partial charge in [-0.05, 0) is 31.5 Å². The van der Waals surface area contributed by atoms with Gasteiger partial charge in [0, 0.05) is 16.8 Å². The number of ether oxygens (including phenoxy) is 1. The van der Waals surface area contributed by atoms with Crippen LogP contribution in [0.25, 0.3) is 0 Å². The van der Waals surface area contributed by atoms with E-state index < -0.39 is 0 Å². The van der Waals surface area contributed by atoms with E-state index in [1.807, 2.05) is 6.92 Å². The molecule has 0 spiro atoms. The molecule has 3 N–H and O–H groups in total. The van der Waals surface area contributed by atoms with Crippen molar-refractivity contribution in [2.24, 2.45) is 0 Å². The summed E-state index contributed by atoms with van der Waals surface area (Å²) in [6.07, 6.45) is 0.916. The Morgan fingerprint density at radius 1 is 1.59 bits per heavy atom. The van der Waals surface area contributed by atoms with Crippen molar-refractivity contribution in [1.82, 2.24) is 5.32 Å². The Kier molecular flexibility index (Phi) is 3.69. The standard InChI is InChI=1S/C12H15BrN2O2/c1-7-11(4-5-17-7)15-12(16)9-3-2-8(13)6-10(9)14/h2-3,6-7,11H,4-5,14H2,1H3,(H,15,16). The lowest BCUT2D eigenvalue weighted by Gasteiger charge is -2.16. The number of rotatable bonds is 2. The molecule has 1 amide bonds. The fourth-order valence-electron chi connectivity index (χ4n) is 1.91. The van der Waals surface area contributed by atoms with Crippen LogP contribution in [0.1, 0.15) is 23.7 Å². The van der Waals surface area contributed by atoms with Gasteiger partial charge < -0.3 is 15.8 Å². The molecule has 0 aromatic heterocycles. The largest absolute Gasteiger partial charge is 0.398 e. The zero-order chi connectivity index (χ0) is 12.4. The second-order valence-corrected chi connectivity index (χ2v) is 5.09. The summed E-state index contributed by atoms with van der Waals surface area (Å²) in [5.74, 6) is -0.141. The molecular weight excluding hydrogens is 284 g/mol. The van der Waals surface area contributed by atoms with Crippen LogP contribution >= 0.6 is 15.9 Å². The number of halogens is 1. The van der Waals surface area contributed by atoms with Crippen LogP contribution < -0.4 is 11.1 Å². The normalized spacial score (nSPS) is 23.6. The van der Waals surface area contributed by atoms with E-state index in [1.54, 1.807) is 18.2 Å². The SMILES string of the molecule is CC1OCCC1NC(=O)c1ccc(Br)cc1N.